The first-order valence-electron chi connectivity index (χ1n) is 21.3. The number of carbonyl (C=O) groups excluding carboxylic acids is 5. The van der Waals surface area contributed by atoms with E-state index < -0.39 is 66.2 Å². The monoisotopic (exact) mass is 908 g/mol. The zero-order valence-electron chi connectivity index (χ0n) is 37.1. The Morgan fingerprint density at radius 1 is 0.597 bits per heavy atom. The first-order valence-corrected chi connectivity index (χ1v) is 21.3. The number of hydrogen-bond donors (Lipinski definition) is 1. The van der Waals surface area contributed by atoms with Crippen molar-refractivity contribution in [3.05, 3.63) is 202 Å². The van der Waals surface area contributed by atoms with Gasteiger partial charge in [0.2, 0.25) is 11.9 Å². The highest BCUT2D eigenvalue weighted by molar-refractivity contribution is 5.92. The van der Waals surface area contributed by atoms with Gasteiger partial charge >= 0.3 is 29.8 Å². The average molecular weight is 909 g/mol. The SMILES string of the molecule is COc1ccc(Cc2c(OC)cc(COC(C)=O)cc2[C@@]2(O)O[C@H]([C@H](C)OC(=O)c3ccccc3)[C@@H](OC(=O)c3ccccc3)[C@H](OC(=O)c3ccccc3)[C@H]2OC(=O)c2ccccc2)cc1. The number of hydrogen-bond acceptors (Lipinski definition) is 14. The summed E-state index contributed by atoms with van der Waals surface area (Å²) in [6.45, 7) is 2.39. The molecule has 0 saturated carbocycles. The van der Waals surface area contributed by atoms with Crippen LogP contribution in [0.4, 0.5) is 0 Å². The van der Waals surface area contributed by atoms with Crippen molar-refractivity contribution in [1.29, 1.82) is 0 Å². The summed E-state index contributed by atoms with van der Waals surface area (Å²) < 4.78 is 48.5. The van der Waals surface area contributed by atoms with Crippen molar-refractivity contribution in [2.24, 2.45) is 0 Å². The molecule has 14 heteroatoms. The molecule has 0 spiro atoms. The molecule has 7 rings (SSSR count). The fourth-order valence-corrected chi connectivity index (χ4v) is 7.68. The predicted octanol–water partition coefficient (Wildman–Crippen LogP) is 7.82. The minimum atomic E-state index is -2.89. The maximum Gasteiger partial charge on any atom is 0.338 e. The fraction of sp³-hybridized carbons (Fsp3) is 0.226. The lowest BCUT2D eigenvalue weighted by Crippen LogP contribution is -2.68. The molecule has 0 amide bonds. The molecule has 6 aromatic carbocycles. The van der Waals surface area contributed by atoms with Crippen molar-refractivity contribution in [3.63, 3.8) is 0 Å². The standard InChI is InChI=1S/C53H48O14/c1-33(63-49(55)37-17-9-5-10-18-37)45-46(64-50(56)38-19-11-6-12-20-38)47(65-51(57)39-21-13-7-14-22-39)48(66-52(58)40-23-15-8-16-24-40)53(59,67-45)43-30-36(32-62-34(2)54)31-44(61-4)42(43)29-35-25-27-41(60-3)28-26-35/h5-28,30-31,33,45-48,59H,29,32H2,1-4H3/t33-,45+,46+,47-,48+,53+/m0/s1. The van der Waals surface area contributed by atoms with Gasteiger partial charge in [0, 0.05) is 24.5 Å². The van der Waals surface area contributed by atoms with Gasteiger partial charge in [0.05, 0.1) is 36.5 Å². The van der Waals surface area contributed by atoms with Crippen LogP contribution in [0.5, 0.6) is 11.5 Å². The van der Waals surface area contributed by atoms with Crippen molar-refractivity contribution < 1.29 is 67.0 Å². The van der Waals surface area contributed by atoms with E-state index in [1.54, 1.807) is 103 Å². The summed E-state index contributed by atoms with van der Waals surface area (Å²) in [5.41, 5.74) is 1.58. The van der Waals surface area contributed by atoms with Gasteiger partial charge in [-0.25, -0.2) is 19.2 Å². The molecule has 1 heterocycles. The summed E-state index contributed by atoms with van der Waals surface area (Å²) in [5.74, 6) is -6.37. The number of carbonyl (C=O) groups is 5. The highest BCUT2D eigenvalue weighted by Crippen LogP contribution is 2.46. The number of esters is 5. The lowest BCUT2D eigenvalue weighted by atomic mass is 9.82. The van der Waals surface area contributed by atoms with E-state index >= 15 is 0 Å². The Balaban J connectivity index is 1.48. The molecule has 1 N–H and O–H groups in total. The third kappa shape index (κ3) is 11.2. The van der Waals surface area contributed by atoms with Crippen molar-refractivity contribution in [2.75, 3.05) is 14.2 Å². The summed E-state index contributed by atoms with van der Waals surface area (Å²) in [4.78, 5) is 68.9. The second kappa shape index (κ2) is 21.5. The van der Waals surface area contributed by atoms with E-state index in [1.807, 2.05) is 0 Å². The van der Waals surface area contributed by atoms with Gasteiger partial charge in [-0.15, -0.1) is 0 Å². The molecular formula is C53H48O14. The zero-order chi connectivity index (χ0) is 47.5. The summed E-state index contributed by atoms with van der Waals surface area (Å²) in [6.07, 6.45) is -8.77. The smallest absolute Gasteiger partial charge is 0.338 e. The molecule has 6 aromatic rings. The fourth-order valence-electron chi connectivity index (χ4n) is 7.68. The Morgan fingerprint density at radius 3 is 1.55 bits per heavy atom. The molecule has 0 aliphatic carbocycles. The zero-order valence-corrected chi connectivity index (χ0v) is 37.1. The first-order chi connectivity index (χ1) is 32.4. The Morgan fingerprint density at radius 2 is 1.07 bits per heavy atom. The summed E-state index contributed by atoms with van der Waals surface area (Å²) >= 11 is 0. The third-order valence-corrected chi connectivity index (χ3v) is 11.0. The largest absolute Gasteiger partial charge is 0.497 e. The van der Waals surface area contributed by atoms with Crippen molar-refractivity contribution in [2.45, 2.75) is 63.2 Å². The third-order valence-electron chi connectivity index (χ3n) is 11.0. The van der Waals surface area contributed by atoms with Gasteiger partial charge in [-0.3, -0.25) is 4.79 Å². The van der Waals surface area contributed by atoms with Crippen LogP contribution in [-0.4, -0.2) is 79.7 Å². The number of ether oxygens (including phenoxy) is 8. The molecule has 1 aliphatic heterocycles. The van der Waals surface area contributed by atoms with Gasteiger partial charge in [-0.1, -0.05) is 84.9 Å². The van der Waals surface area contributed by atoms with Crippen molar-refractivity contribution in [1.82, 2.24) is 0 Å². The molecule has 6 atom stereocenters. The van der Waals surface area contributed by atoms with Gasteiger partial charge in [-0.05, 0) is 90.8 Å². The predicted molar refractivity (Wildman–Crippen MR) is 241 cm³/mol. The molecular weight excluding hydrogens is 861 g/mol. The molecule has 0 aromatic heterocycles. The molecule has 1 fully saturated rings. The lowest BCUT2D eigenvalue weighted by Gasteiger charge is -2.50. The minimum Gasteiger partial charge on any atom is -0.497 e. The van der Waals surface area contributed by atoms with E-state index in [0.717, 1.165) is 0 Å². The van der Waals surface area contributed by atoms with E-state index in [-0.39, 0.29) is 46.6 Å². The number of rotatable bonds is 16. The molecule has 67 heavy (non-hydrogen) atoms. The van der Waals surface area contributed by atoms with Crippen molar-refractivity contribution >= 4 is 29.8 Å². The highest BCUT2D eigenvalue weighted by atomic mass is 16.7. The molecule has 0 bridgehead atoms. The number of benzene rings is 6. The first kappa shape index (κ1) is 47.2. The second-order valence-electron chi connectivity index (χ2n) is 15.5. The molecule has 0 radical (unpaired) electrons. The van der Waals surface area contributed by atoms with Crippen LogP contribution in [0, 0.1) is 0 Å². The van der Waals surface area contributed by atoms with Gasteiger partial charge in [0.15, 0.2) is 12.2 Å². The molecule has 1 aliphatic rings. The maximum absolute atomic E-state index is 14.4. The van der Waals surface area contributed by atoms with E-state index in [1.165, 1.54) is 82.7 Å². The van der Waals surface area contributed by atoms with Crippen LogP contribution in [-0.2, 0) is 52.0 Å². The van der Waals surface area contributed by atoms with Crippen molar-refractivity contribution in [3.8, 4) is 11.5 Å². The lowest BCUT2D eigenvalue weighted by molar-refractivity contribution is -0.360. The van der Waals surface area contributed by atoms with E-state index in [9.17, 15) is 29.1 Å². The van der Waals surface area contributed by atoms with Crippen LogP contribution in [0.1, 0.15) is 77.5 Å². The van der Waals surface area contributed by atoms with Gasteiger partial charge in [0.25, 0.3) is 0 Å². The molecule has 344 valence electrons. The summed E-state index contributed by atoms with van der Waals surface area (Å²) in [7, 11) is 2.94. The Bertz CT molecular complexity index is 2660. The van der Waals surface area contributed by atoms with Crippen LogP contribution in [0.2, 0.25) is 0 Å². The van der Waals surface area contributed by atoms with Crippen LogP contribution in [0.3, 0.4) is 0 Å². The van der Waals surface area contributed by atoms with E-state index in [4.69, 9.17) is 37.9 Å². The number of aliphatic hydroxyl groups is 1. The molecule has 14 nitrogen and oxygen atoms in total. The van der Waals surface area contributed by atoms with Crippen LogP contribution >= 0.6 is 0 Å². The van der Waals surface area contributed by atoms with Crippen LogP contribution in [0.25, 0.3) is 0 Å². The molecule has 0 unspecified atom stereocenters. The summed E-state index contributed by atoms with van der Waals surface area (Å²) in [5, 5.41) is 13.8. The average Bonchev–Trinajstić information content (AvgIpc) is 3.36. The minimum absolute atomic E-state index is 0.0442. The number of methoxy groups -OCH3 is 2. The Kier molecular flexibility index (Phi) is 15.1. The van der Waals surface area contributed by atoms with Gasteiger partial charge in [0.1, 0.15) is 30.3 Å². The molecule has 1 saturated heterocycles. The quantitative estimate of drug-likeness (QED) is 0.0734. The van der Waals surface area contributed by atoms with Gasteiger partial charge < -0.3 is 43.0 Å². The summed E-state index contributed by atoms with van der Waals surface area (Å²) in [6, 6.07) is 42.0. The maximum atomic E-state index is 14.4. The van der Waals surface area contributed by atoms with Crippen LogP contribution < -0.4 is 9.47 Å². The Labute approximate surface area is 386 Å². The van der Waals surface area contributed by atoms with Gasteiger partial charge in [-0.2, -0.15) is 0 Å². The van der Waals surface area contributed by atoms with E-state index in [2.05, 4.69) is 0 Å². The highest BCUT2D eigenvalue weighted by Gasteiger charge is 2.63. The second-order valence-corrected chi connectivity index (χ2v) is 15.5. The van der Waals surface area contributed by atoms with Crippen LogP contribution in [0.15, 0.2) is 158 Å². The normalized spacial score (nSPS) is 19.2. The topological polar surface area (TPSA) is 179 Å². The Hall–Kier alpha value is -7.81. The van der Waals surface area contributed by atoms with E-state index in [0.29, 0.717) is 22.4 Å².